The summed E-state index contributed by atoms with van der Waals surface area (Å²) in [5, 5.41) is 7.62. The van der Waals surface area contributed by atoms with E-state index in [1.807, 2.05) is 30.8 Å². The normalized spacial score (nSPS) is 10.8. The van der Waals surface area contributed by atoms with E-state index in [1.165, 1.54) is 0 Å². The van der Waals surface area contributed by atoms with Gasteiger partial charge in [-0.05, 0) is 18.7 Å². The van der Waals surface area contributed by atoms with Gasteiger partial charge in [-0.15, -0.1) is 5.10 Å². The third-order valence-corrected chi connectivity index (χ3v) is 2.79. The second-order valence-electron chi connectivity index (χ2n) is 4.44. The number of carbonyl (C=O) groups excluding carboxylic acids is 1. The van der Waals surface area contributed by atoms with Gasteiger partial charge in [0, 0.05) is 25.5 Å². The van der Waals surface area contributed by atoms with E-state index < -0.39 is 5.91 Å². The molecule has 2 aromatic heterocycles. The average molecular weight is 275 g/mol. The number of nitrogens with one attached hydrogen (secondary N) is 1. The molecule has 0 fully saturated rings. The summed E-state index contributed by atoms with van der Waals surface area (Å²) in [6.07, 6.45) is 5.17. The molecule has 0 saturated heterocycles. The summed E-state index contributed by atoms with van der Waals surface area (Å²) < 4.78 is 1.62. The van der Waals surface area contributed by atoms with Gasteiger partial charge in [0.15, 0.2) is 5.69 Å². The molecule has 0 spiro atoms. The number of hydrogen-bond acceptors (Lipinski definition) is 6. The Labute approximate surface area is 116 Å². The van der Waals surface area contributed by atoms with E-state index in [0.717, 1.165) is 18.7 Å². The fourth-order valence-corrected chi connectivity index (χ4v) is 1.74. The van der Waals surface area contributed by atoms with Gasteiger partial charge >= 0.3 is 0 Å². The molecule has 0 saturated carbocycles. The molecule has 2 aromatic rings. The highest BCUT2D eigenvalue weighted by molar-refractivity contribution is 5.91. The van der Waals surface area contributed by atoms with E-state index in [9.17, 15) is 4.79 Å². The molecule has 2 heterocycles. The largest absolute Gasteiger partial charge is 0.300 e. The number of aromatic nitrogens is 4. The molecule has 8 nitrogen and oxygen atoms in total. The van der Waals surface area contributed by atoms with Crippen molar-refractivity contribution in [3.8, 4) is 0 Å². The summed E-state index contributed by atoms with van der Waals surface area (Å²) >= 11 is 0. The van der Waals surface area contributed by atoms with Gasteiger partial charge in [-0.3, -0.25) is 19.9 Å². The van der Waals surface area contributed by atoms with Crippen molar-refractivity contribution in [1.82, 2.24) is 30.3 Å². The van der Waals surface area contributed by atoms with Crippen LogP contribution >= 0.6 is 0 Å². The third kappa shape index (κ3) is 3.84. The van der Waals surface area contributed by atoms with E-state index in [1.54, 1.807) is 17.1 Å². The maximum absolute atomic E-state index is 11.2. The molecule has 106 valence electrons. The molecule has 8 heteroatoms. The number of likely N-dealkylation sites (N-methyl/N-ethyl adjacent to an activating group) is 1. The lowest BCUT2D eigenvalue weighted by atomic mass is 10.3. The first-order chi connectivity index (χ1) is 9.69. The Morgan fingerprint density at radius 3 is 3.10 bits per heavy atom. The fraction of sp³-hybridized carbons (Fsp3) is 0.333. The highest BCUT2D eigenvalue weighted by Crippen LogP contribution is 2.01. The van der Waals surface area contributed by atoms with Gasteiger partial charge in [0.2, 0.25) is 0 Å². The summed E-state index contributed by atoms with van der Waals surface area (Å²) in [5.41, 5.74) is 3.38. The molecule has 0 aromatic carbocycles. The van der Waals surface area contributed by atoms with Gasteiger partial charge < -0.3 is 4.90 Å². The van der Waals surface area contributed by atoms with Crippen molar-refractivity contribution in [2.75, 3.05) is 13.6 Å². The standard InChI is InChI=1S/C12H17N7O/c1-18(8-10-3-2-4-14-7-10)5-6-19-9-11(16-17-19)12(20)15-13/h2-4,7,9H,5-6,8,13H2,1H3,(H,15,20). The zero-order valence-corrected chi connectivity index (χ0v) is 11.2. The number of pyridine rings is 1. The zero-order valence-electron chi connectivity index (χ0n) is 11.2. The quantitative estimate of drug-likeness (QED) is 0.415. The van der Waals surface area contributed by atoms with Crippen molar-refractivity contribution in [3.05, 3.63) is 42.0 Å². The number of carbonyl (C=O) groups is 1. The minimum Gasteiger partial charge on any atom is -0.300 e. The summed E-state index contributed by atoms with van der Waals surface area (Å²) in [7, 11) is 2.01. The Balaban J connectivity index is 1.83. The van der Waals surface area contributed by atoms with Crippen LogP contribution in [-0.4, -0.2) is 44.4 Å². The molecular formula is C12H17N7O. The van der Waals surface area contributed by atoms with Gasteiger partial charge in [0.25, 0.3) is 5.91 Å². The number of nitrogens with two attached hydrogens (primary N) is 1. The Morgan fingerprint density at radius 1 is 1.55 bits per heavy atom. The van der Waals surface area contributed by atoms with Crippen molar-refractivity contribution in [2.45, 2.75) is 13.1 Å². The lowest BCUT2D eigenvalue weighted by Crippen LogP contribution is -2.30. The average Bonchev–Trinajstić information content (AvgIpc) is 2.94. The Morgan fingerprint density at radius 2 is 2.40 bits per heavy atom. The van der Waals surface area contributed by atoms with E-state index in [0.29, 0.717) is 6.54 Å². The second-order valence-corrected chi connectivity index (χ2v) is 4.44. The lowest BCUT2D eigenvalue weighted by Gasteiger charge is -2.15. The van der Waals surface area contributed by atoms with Crippen LogP contribution in [0, 0.1) is 0 Å². The molecule has 0 unspecified atom stereocenters. The number of rotatable bonds is 6. The molecule has 2 rings (SSSR count). The number of nitrogens with zero attached hydrogens (tertiary/aromatic N) is 5. The number of hydrazine groups is 1. The smallest absolute Gasteiger partial charge is 0.287 e. The molecule has 0 aliphatic carbocycles. The molecule has 0 atom stereocenters. The van der Waals surface area contributed by atoms with Crippen molar-refractivity contribution < 1.29 is 4.79 Å². The molecule has 0 aliphatic rings. The Hall–Kier alpha value is -2.32. The van der Waals surface area contributed by atoms with Crippen LogP contribution in [0.3, 0.4) is 0 Å². The maximum atomic E-state index is 11.2. The van der Waals surface area contributed by atoms with Crippen LogP contribution in [-0.2, 0) is 13.1 Å². The Bertz CT molecular complexity index is 554. The first-order valence-corrected chi connectivity index (χ1v) is 6.17. The third-order valence-electron chi connectivity index (χ3n) is 2.79. The minimum absolute atomic E-state index is 0.211. The van der Waals surface area contributed by atoms with Crippen LogP contribution in [0.5, 0.6) is 0 Å². The fourth-order valence-electron chi connectivity index (χ4n) is 1.74. The van der Waals surface area contributed by atoms with Crippen LogP contribution in [0.1, 0.15) is 16.1 Å². The first-order valence-electron chi connectivity index (χ1n) is 6.17. The zero-order chi connectivity index (χ0) is 14.4. The lowest BCUT2D eigenvalue weighted by molar-refractivity contribution is 0.0948. The summed E-state index contributed by atoms with van der Waals surface area (Å²) in [6.45, 7) is 2.22. The van der Waals surface area contributed by atoms with Crippen LogP contribution in [0.25, 0.3) is 0 Å². The van der Waals surface area contributed by atoms with Crippen LogP contribution in [0.2, 0.25) is 0 Å². The minimum atomic E-state index is -0.444. The molecule has 1 amide bonds. The highest BCUT2D eigenvalue weighted by Gasteiger charge is 2.09. The van der Waals surface area contributed by atoms with Crippen molar-refractivity contribution in [2.24, 2.45) is 5.84 Å². The predicted molar refractivity (Wildman–Crippen MR) is 72.2 cm³/mol. The highest BCUT2D eigenvalue weighted by atomic mass is 16.2. The van der Waals surface area contributed by atoms with Gasteiger partial charge in [0.1, 0.15) is 0 Å². The number of amides is 1. The van der Waals surface area contributed by atoms with Crippen molar-refractivity contribution >= 4 is 5.91 Å². The van der Waals surface area contributed by atoms with Crippen LogP contribution in [0.15, 0.2) is 30.7 Å². The molecule has 20 heavy (non-hydrogen) atoms. The van der Waals surface area contributed by atoms with Gasteiger partial charge in [0.05, 0.1) is 12.7 Å². The molecule has 0 aliphatic heterocycles. The molecule has 0 bridgehead atoms. The first kappa shape index (κ1) is 14.1. The number of hydrogen-bond donors (Lipinski definition) is 2. The van der Waals surface area contributed by atoms with Gasteiger partial charge in [-0.1, -0.05) is 11.3 Å². The van der Waals surface area contributed by atoms with E-state index >= 15 is 0 Å². The van der Waals surface area contributed by atoms with E-state index in [-0.39, 0.29) is 5.69 Å². The van der Waals surface area contributed by atoms with Crippen LogP contribution in [0.4, 0.5) is 0 Å². The Kier molecular flexibility index (Phi) is 4.75. The topological polar surface area (TPSA) is 102 Å². The van der Waals surface area contributed by atoms with Gasteiger partial charge in [-0.2, -0.15) is 0 Å². The monoisotopic (exact) mass is 275 g/mol. The second kappa shape index (κ2) is 6.73. The summed E-state index contributed by atoms with van der Waals surface area (Å²) in [4.78, 5) is 17.5. The molecular weight excluding hydrogens is 258 g/mol. The molecule has 0 radical (unpaired) electrons. The predicted octanol–water partition coefficient (Wildman–Crippen LogP) is -0.591. The van der Waals surface area contributed by atoms with Crippen molar-refractivity contribution in [3.63, 3.8) is 0 Å². The SMILES string of the molecule is CN(CCn1cc(C(=O)NN)nn1)Cc1cccnc1. The maximum Gasteiger partial charge on any atom is 0.287 e. The summed E-state index contributed by atoms with van der Waals surface area (Å²) in [6, 6.07) is 3.95. The molecule has 3 N–H and O–H groups in total. The van der Waals surface area contributed by atoms with Crippen LogP contribution < -0.4 is 11.3 Å². The van der Waals surface area contributed by atoms with E-state index in [4.69, 9.17) is 5.84 Å². The summed E-state index contributed by atoms with van der Waals surface area (Å²) in [5.74, 6) is 4.59. The number of nitrogen functional groups attached to an aromatic ring is 1. The van der Waals surface area contributed by atoms with Gasteiger partial charge in [-0.25, -0.2) is 5.84 Å². The van der Waals surface area contributed by atoms with E-state index in [2.05, 4.69) is 20.2 Å². The van der Waals surface area contributed by atoms with Crippen molar-refractivity contribution in [1.29, 1.82) is 0 Å².